The third-order valence-electron chi connectivity index (χ3n) is 4.44. The summed E-state index contributed by atoms with van der Waals surface area (Å²) in [5, 5.41) is 21.7. The maximum atomic E-state index is 12.1. The summed E-state index contributed by atoms with van der Waals surface area (Å²) in [5.41, 5.74) is 1.70. The van der Waals surface area contributed by atoms with Crippen LogP contribution in [0, 0.1) is 10.1 Å². The molecule has 0 fully saturated rings. The first-order chi connectivity index (χ1) is 14.1. The summed E-state index contributed by atoms with van der Waals surface area (Å²) in [6.07, 6.45) is 1.88. The molecular weight excluding hydrogens is 370 g/mol. The molecule has 0 saturated heterocycles. The van der Waals surface area contributed by atoms with Gasteiger partial charge in [-0.15, -0.1) is 0 Å². The number of esters is 1. The van der Waals surface area contributed by atoms with Gasteiger partial charge in [0.1, 0.15) is 0 Å². The van der Waals surface area contributed by atoms with Crippen LogP contribution in [-0.4, -0.2) is 16.0 Å². The van der Waals surface area contributed by atoms with Crippen LogP contribution in [0.4, 0.5) is 5.69 Å². The van der Waals surface area contributed by atoms with E-state index in [0.717, 1.165) is 5.56 Å². The highest BCUT2D eigenvalue weighted by Gasteiger charge is 2.21. The third-order valence-corrected chi connectivity index (χ3v) is 4.44. The van der Waals surface area contributed by atoms with Gasteiger partial charge < -0.3 is 9.84 Å². The van der Waals surface area contributed by atoms with Gasteiger partial charge in [0.05, 0.1) is 22.9 Å². The number of rotatable bonds is 7. The average Bonchev–Trinajstić information content (AvgIpc) is 2.77. The van der Waals surface area contributed by atoms with Gasteiger partial charge in [-0.2, -0.15) is 0 Å². The second kappa shape index (κ2) is 9.43. The molecule has 0 radical (unpaired) electrons. The molecule has 0 heterocycles. The van der Waals surface area contributed by atoms with Crippen LogP contribution >= 0.6 is 0 Å². The number of nitro benzene ring substituents is 1. The number of nitrogens with zero attached hydrogens (tertiary/aromatic N) is 1. The minimum absolute atomic E-state index is 0.0513. The summed E-state index contributed by atoms with van der Waals surface area (Å²) >= 11 is 0. The molecular formula is C23H19NO5. The fraction of sp³-hybridized carbons (Fsp3) is 0.0870. The lowest BCUT2D eigenvalue weighted by molar-refractivity contribution is -0.384. The van der Waals surface area contributed by atoms with Gasteiger partial charge in [0.2, 0.25) is 0 Å². The summed E-state index contributed by atoms with van der Waals surface area (Å²) in [5.74, 6) is -1.01. The molecule has 0 unspecified atom stereocenters. The topological polar surface area (TPSA) is 89.7 Å². The summed E-state index contributed by atoms with van der Waals surface area (Å²) in [7, 11) is 0. The second-order valence-electron chi connectivity index (χ2n) is 6.33. The maximum Gasteiger partial charge on any atom is 0.342 e. The standard InChI is InChI=1S/C23H19NO5/c25-22(18-11-13-20(14-12-18)24(27)28)21(17-7-3-1-4-8-17)15-16-29-23(26)19-9-5-2-6-10-19/h1-16,21-22,25H/b16-15-/t21-,22-/m1/s1. The number of carbonyl (C=O) groups is 1. The van der Waals surface area contributed by atoms with E-state index in [0.29, 0.717) is 11.1 Å². The quantitative estimate of drug-likeness (QED) is 0.272. The van der Waals surface area contributed by atoms with Gasteiger partial charge in [0, 0.05) is 18.1 Å². The summed E-state index contributed by atoms with van der Waals surface area (Å²) in [4.78, 5) is 22.5. The van der Waals surface area contributed by atoms with Gasteiger partial charge in [0.15, 0.2) is 0 Å². The number of hydrogen-bond donors (Lipinski definition) is 1. The fourth-order valence-corrected chi connectivity index (χ4v) is 2.90. The third kappa shape index (κ3) is 5.15. The van der Waals surface area contributed by atoms with Gasteiger partial charge in [-0.05, 0) is 41.5 Å². The minimum Gasteiger partial charge on any atom is -0.431 e. The van der Waals surface area contributed by atoms with E-state index in [1.807, 2.05) is 30.3 Å². The van der Waals surface area contributed by atoms with Gasteiger partial charge >= 0.3 is 5.97 Å². The van der Waals surface area contributed by atoms with Crippen molar-refractivity contribution in [2.75, 3.05) is 0 Å². The van der Waals surface area contributed by atoms with Crippen molar-refractivity contribution in [2.24, 2.45) is 0 Å². The zero-order chi connectivity index (χ0) is 20.6. The fourth-order valence-electron chi connectivity index (χ4n) is 2.90. The molecule has 3 rings (SSSR count). The Bertz CT molecular complexity index is 985. The van der Waals surface area contributed by atoms with Crippen LogP contribution < -0.4 is 0 Å². The van der Waals surface area contributed by atoms with Crippen LogP contribution in [0.1, 0.15) is 33.5 Å². The molecule has 0 aliphatic carbocycles. The van der Waals surface area contributed by atoms with Crippen molar-refractivity contribution in [3.05, 3.63) is 124 Å². The molecule has 146 valence electrons. The maximum absolute atomic E-state index is 12.1. The average molecular weight is 389 g/mol. The molecule has 0 amide bonds. The molecule has 3 aromatic rings. The number of ether oxygens (including phenoxy) is 1. The molecule has 0 bridgehead atoms. The molecule has 0 aliphatic heterocycles. The zero-order valence-corrected chi connectivity index (χ0v) is 15.4. The highest BCUT2D eigenvalue weighted by Crippen LogP contribution is 2.33. The Labute approximate surface area is 167 Å². The molecule has 2 atom stereocenters. The first-order valence-electron chi connectivity index (χ1n) is 8.96. The van der Waals surface area contributed by atoms with E-state index in [1.165, 1.54) is 30.5 Å². The number of hydrogen-bond acceptors (Lipinski definition) is 5. The molecule has 0 spiro atoms. The van der Waals surface area contributed by atoms with Crippen LogP contribution in [0.2, 0.25) is 0 Å². The Morgan fingerprint density at radius 1 is 0.897 bits per heavy atom. The highest BCUT2D eigenvalue weighted by atomic mass is 16.6. The molecule has 0 saturated carbocycles. The molecule has 0 aromatic heterocycles. The Balaban J connectivity index is 1.81. The number of benzene rings is 3. The monoisotopic (exact) mass is 389 g/mol. The van der Waals surface area contributed by atoms with Crippen LogP contribution in [0.25, 0.3) is 0 Å². The van der Waals surface area contributed by atoms with E-state index in [4.69, 9.17) is 4.74 Å². The Morgan fingerprint density at radius 2 is 1.48 bits per heavy atom. The van der Waals surface area contributed by atoms with E-state index in [9.17, 15) is 20.0 Å². The predicted octanol–water partition coefficient (Wildman–Crippen LogP) is 4.78. The molecule has 6 nitrogen and oxygen atoms in total. The summed E-state index contributed by atoms with van der Waals surface area (Å²) < 4.78 is 5.20. The predicted molar refractivity (Wildman–Crippen MR) is 108 cm³/mol. The van der Waals surface area contributed by atoms with Crippen molar-refractivity contribution < 1.29 is 19.6 Å². The summed E-state index contributed by atoms with van der Waals surface area (Å²) in [6.45, 7) is 0. The minimum atomic E-state index is -0.982. The second-order valence-corrected chi connectivity index (χ2v) is 6.33. The smallest absolute Gasteiger partial charge is 0.342 e. The zero-order valence-electron chi connectivity index (χ0n) is 15.4. The number of non-ortho nitro benzene ring substituents is 1. The van der Waals surface area contributed by atoms with Gasteiger partial charge in [-0.25, -0.2) is 4.79 Å². The highest BCUT2D eigenvalue weighted by molar-refractivity contribution is 5.89. The van der Waals surface area contributed by atoms with Crippen molar-refractivity contribution in [3.63, 3.8) is 0 Å². The molecule has 1 N–H and O–H groups in total. The lowest BCUT2D eigenvalue weighted by Gasteiger charge is -2.20. The van der Waals surface area contributed by atoms with Crippen molar-refractivity contribution in [2.45, 2.75) is 12.0 Å². The van der Waals surface area contributed by atoms with Crippen LogP contribution in [-0.2, 0) is 4.74 Å². The first-order valence-corrected chi connectivity index (χ1v) is 8.96. The van der Waals surface area contributed by atoms with Crippen LogP contribution in [0.15, 0.2) is 97.3 Å². The molecule has 6 heteroatoms. The number of nitro groups is 1. The molecule has 3 aromatic carbocycles. The van der Waals surface area contributed by atoms with E-state index in [-0.39, 0.29) is 5.69 Å². The van der Waals surface area contributed by atoms with E-state index < -0.39 is 22.9 Å². The Kier molecular flexibility index (Phi) is 6.50. The van der Waals surface area contributed by atoms with Crippen molar-refractivity contribution in [3.8, 4) is 0 Å². The largest absolute Gasteiger partial charge is 0.431 e. The molecule has 29 heavy (non-hydrogen) atoms. The van der Waals surface area contributed by atoms with Gasteiger partial charge in [0.25, 0.3) is 5.69 Å². The van der Waals surface area contributed by atoms with Crippen molar-refractivity contribution >= 4 is 11.7 Å². The number of aliphatic hydroxyl groups is 1. The lowest BCUT2D eigenvalue weighted by Crippen LogP contribution is -2.10. The number of aliphatic hydroxyl groups excluding tert-OH is 1. The SMILES string of the molecule is O=C(O/C=C\[C@H](c1ccccc1)[C@H](O)c1ccc([N+](=O)[O-])cc1)c1ccccc1. The van der Waals surface area contributed by atoms with E-state index in [2.05, 4.69) is 0 Å². The van der Waals surface area contributed by atoms with Crippen LogP contribution in [0.5, 0.6) is 0 Å². The van der Waals surface area contributed by atoms with E-state index in [1.54, 1.807) is 36.4 Å². The van der Waals surface area contributed by atoms with Crippen molar-refractivity contribution in [1.29, 1.82) is 0 Å². The van der Waals surface area contributed by atoms with Gasteiger partial charge in [-0.1, -0.05) is 48.5 Å². The summed E-state index contributed by atoms with van der Waals surface area (Å²) in [6, 6.07) is 23.6. The molecule has 0 aliphatic rings. The van der Waals surface area contributed by atoms with Crippen molar-refractivity contribution in [1.82, 2.24) is 0 Å². The van der Waals surface area contributed by atoms with E-state index >= 15 is 0 Å². The normalized spacial score (nSPS) is 13.0. The number of carbonyl (C=O) groups excluding carboxylic acids is 1. The van der Waals surface area contributed by atoms with Gasteiger partial charge in [-0.3, -0.25) is 10.1 Å². The Morgan fingerprint density at radius 3 is 2.07 bits per heavy atom. The lowest BCUT2D eigenvalue weighted by atomic mass is 9.89. The Hall–Kier alpha value is -3.77. The van der Waals surface area contributed by atoms with Crippen LogP contribution in [0.3, 0.4) is 0 Å². The first kappa shape index (κ1) is 20.0.